The summed E-state index contributed by atoms with van der Waals surface area (Å²) in [4.78, 5) is 4.18. The van der Waals surface area contributed by atoms with Crippen molar-refractivity contribution in [3.05, 3.63) is 12.5 Å². The van der Waals surface area contributed by atoms with E-state index in [0.717, 1.165) is 6.04 Å². The molecule has 0 saturated heterocycles. The maximum Gasteiger partial charge on any atom is 0.0957 e. The van der Waals surface area contributed by atoms with E-state index in [-0.39, 0.29) is 0 Å². The zero-order chi connectivity index (χ0) is 8.39. The van der Waals surface area contributed by atoms with E-state index >= 15 is 0 Å². The Kier molecular flexibility index (Phi) is 2.40. The van der Waals surface area contributed by atoms with E-state index in [1.807, 2.05) is 12.5 Å². The molecule has 1 aromatic rings. The van der Waals surface area contributed by atoms with Crippen LogP contribution in [0.4, 0.5) is 0 Å². The quantitative estimate of drug-likeness (QED) is 0.654. The van der Waals surface area contributed by atoms with Crippen molar-refractivity contribution in [2.24, 2.45) is 0 Å². The lowest BCUT2D eigenvalue weighted by molar-refractivity contribution is 0.487. The third-order valence-corrected chi connectivity index (χ3v) is 3.29. The van der Waals surface area contributed by atoms with Crippen LogP contribution in [0.3, 0.4) is 0 Å². The molecule has 1 fully saturated rings. The third-order valence-electron chi connectivity index (χ3n) is 2.56. The van der Waals surface area contributed by atoms with Crippen LogP contribution >= 0.6 is 11.8 Å². The van der Waals surface area contributed by atoms with Crippen molar-refractivity contribution < 1.29 is 0 Å². The average molecular weight is 182 g/mol. The summed E-state index contributed by atoms with van der Waals surface area (Å²) in [6.45, 7) is 0. The number of nitrogens with zero attached hydrogens (tertiary/aromatic N) is 2. The lowest BCUT2D eigenvalue weighted by Crippen LogP contribution is -2.03. The monoisotopic (exact) mass is 182 g/mol. The van der Waals surface area contributed by atoms with Gasteiger partial charge in [0.05, 0.1) is 17.6 Å². The van der Waals surface area contributed by atoms with Crippen LogP contribution in [-0.4, -0.2) is 15.8 Å². The van der Waals surface area contributed by atoms with Crippen LogP contribution in [0, 0.1) is 0 Å². The first kappa shape index (κ1) is 8.17. The lowest BCUT2D eigenvalue weighted by atomic mass is 10.2. The van der Waals surface area contributed by atoms with E-state index in [2.05, 4.69) is 15.8 Å². The molecule has 0 amide bonds. The molecule has 0 bridgehead atoms. The minimum atomic E-state index is 0.731. The highest BCUT2D eigenvalue weighted by Gasteiger charge is 2.18. The molecule has 0 aromatic carbocycles. The zero-order valence-electron chi connectivity index (χ0n) is 7.36. The number of hydrogen-bond donors (Lipinski definition) is 0. The van der Waals surface area contributed by atoms with Gasteiger partial charge in [0.25, 0.3) is 0 Å². The first-order valence-corrected chi connectivity index (χ1v) is 5.70. The topological polar surface area (TPSA) is 17.8 Å². The van der Waals surface area contributed by atoms with Gasteiger partial charge < -0.3 is 4.57 Å². The van der Waals surface area contributed by atoms with Gasteiger partial charge in [-0.05, 0) is 19.1 Å². The molecule has 1 heterocycles. The molecule has 1 aliphatic carbocycles. The molecule has 0 atom stereocenters. The second kappa shape index (κ2) is 3.52. The molecule has 1 aliphatic rings. The van der Waals surface area contributed by atoms with Gasteiger partial charge in [0, 0.05) is 6.04 Å². The molecule has 0 spiro atoms. The number of thioether (sulfide) groups is 1. The highest BCUT2D eigenvalue weighted by molar-refractivity contribution is 7.98. The SMILES string of the molecule is CSc1cncn1C1CCCC1. The van der Waals surface area contributed by atoms with Gasteiger partial charge in [-0.1, -0.05) is 12.8 Å². The molecule has 3 heteroatoms. The first-order chi connectivity index (χ1) is 5.92. The summed E-state index contributed by atoms with van der Waals surface area (Å²) in [5.74, 6) is 0. The van der Waals surface area contributed by atoms with Crippen LogP contribution in [0.2, 0.25) is 0 Å². The van der Waals surface area contributed by atoms with E-state index < -0.39 is 0 Å². The van der Waals surface area contributed by atoms with E-state index in [1.54, 1.807) is 11.8 Å². The summed E-state index contributed by atoms with van der Waals surface area (Å²) < 4.78 is 2.33. The number of aromatic nitrogens is 2. The van der Waals surface area contributed by atoms with Crippen LogP contribution in [0.25, 0.3) is 0 Å². The lowest BCUT2D eigenvalue weighted by Gasteiger charge is -2.13. The zero-order valence-corrected chi connectivity index (χ0v) is 8.18. The largest absolute Gasteiger partial charge is 0.323 e. The van der Waals surface area contributed by atoms with Crippen molar-refractivity contribution >= 4 is 11.8 Å². The van der Waals surface area contributed by atoms with E-state index in [0.29, 0.717) is 0 Å². The standard InChI is InChI=1S/C9H14N2S/c1-12-9-6-10-7-11(9)8-4-2-3-5-8/h6-8H,2-5H2,1H3. The van der Waals surface area contributed by atoms with E-state index in [4.69, 9.17) is 0 Å². The summed E-state index contributed by atoms with van der Waals surface area (Å²) in [5.41, 5.74) is 0. The molecule has 2 nitrogen and oxygen atoms in total. The van der Waals surface area contributed by atoms with Crippen LogP contribution in [0.1, 0.15) is 31.7 Å². The van der Waals surface area contributed by atoms with Crippen LogP contribution in [-0.2, 0) is 0 Å². The highest BCUT2D eigenvalue weighted by Crippen LogP contribution is 2.32. The summed E-state index contributed by atoms with van der Waals surface area (Å²) in [7, 11) is 0. The van der Waals surface area contributed by atoms with Gasteiger partial charge in [-0.25, -0.2) is 4.98 Å². The summed E-state index contributed by atoms with van der Waals surface area (Å²) in [6.07, 6.45) is 11.5. The van der Waals surface area contributed by atoms with Crippen molar-refractivity contribution in [2.45, 2.75) is 36.8 Å². The fourth-order valence-corrected chi connectivity index (χ4v) is 2.48. The van der Waals surface area contributed by atoms with Crippen LogP contribution in [0.15, 0.2) is 17.6 Å². The molecule has 0 unspecified atom stereocenters. The van der Waals surface area contributed by atoms with Gasteiger partial charge in [-0.2, -0.15) is 0 Å². The normalized spacial score (nSPS) is 18.8. The molecule has 1 aromatic heterocycles. The molecule has 0 radical (unpaired) electrons. The molecular formula is C9H14N2S. The minimum absolute atomic E-state index is 0.731. The number of imidazole rings is 1. The van der Waals surface area contributed by atoms with Crippen molar-refractivity contribution in [1.29, 1.82) is 0 Å². The second-order valence-electron chi connectivity index (χ2n) is 3.28. The highest BCUT2D eigenvalue weighted by atomic mass is 32.2. The van der Waals surface area contributed by atoms with Crippen LogP contribution in [0.5, 0.6) is 0 Å². The minimum Gasteiger partial charge on any atom is -0.323 e. The van der Waals surface area contributed by atoms with Crippen molar-refractivity contribution in [3.63, 3.8) is 0 Å². The Hall–Kier alpha value is -0.440. The van der Waals surface area contributed by atoms with Gasteiger partial charge in [0.2, 0.25) is 0 Å². The maximum atomic E-state index is 4.18. The van der Waals surface area contributed by atoms with E-state index in [9.17, 15) is 0 Å². The van der Waals surface area contributed by atoms with Gasteiger partial charge in [0.1, 0.15) is 0 Å². The molecule has 1 saturated carbocycles. The molecule has 0 aliphatic heterocycles. The van der Waals surface area contributed by atoms with Crippen molar-refractivity contribution in [1.82, 2.24) is 9.55 Å². The average Bonchev–Trinajstić information content (AvgIpc) is 2.74. The Bertz CT molecular complexity index is 251. The Morgan fingerprint density at radius 1 is 1.50 bits per heavy atom. The molecule has 2 rings (SSSR count). The Labute approximate surface area is 77.4 Å². The molecule has 66 valence electrons. The van der Waals surface area contributed by atoms with E-state index in [1.165, 1.54) is 30.7 Å². The van der Waals surface area contributed by atoms with Crippen molar-refractivity contribution in [3.8, 4) is 0 Å². The number of rotatable bonds is 2. The molecular weight excluding hydrogens is 168 g/mol. The Morgan fingerprint density at radius 2 is 2.25 bits per heavy atom. The predicted octanol–water partition coefficient (Wildman–Crippen LogP) is 2.72. The van der Waals surface area contributed by atoms with Crippen molar-refractivity contribution in [2.75, 3.05) is 6.26 Å². The third kappa shape index (κ3) is 1.38. The molecule has 12 heavy (non-hydrogen) atoms. The fraction of sp³-hybridized carbons (Fsp3) is 0.667. The summed E-state index contributed by atoms with van der Waals surface area (Å²) in [6, 6.07) is 0.731. The fourth-order valence-electron chi connectivity index (χ4n) is 1.91. The Morgan fingerprint density at radius 3 is 2.92 bits per heavy atom. The smallest absolute Gasteiger partial charge is 0.0957 e. The maximum absolute atomic E-state index is 4.18. The molecule has 0 N–H and O–H groups in total. The van der Waals surface area contributed by atoms with Gasteiger partial charge in [0.15, 0.2) is 0 Å². The summed E-state index contributed by atoms with van der Waals surface area (Å²) >= 11 is 1.79. The van der Waals surface area contributed by atoms with Gasteiger partial charge in [-0.15, -0.1) is 11.8 Å². The second-order valence-corrected chi connectivity index (χ2v) is 4.11. The first-order valence-electron chi connectivity index (χ1n) is 4.47. The Balaban J connectivity index is 2.19. The van der Waals surface area contributed by atoms with Gasteiger partial charge >= 0.3 is 0 Å². The van der Waals surface area contributed by atoms with Gasteiger partial charge in [-0.3, -0.25) is 0 Å². The number of hydrogen-bond acceptors (Lipinski definition) is 2. The van der Waals surface area contributed by atoms with Crippen LogP contribution < -0.4 is 0 Å². The summed E-state index contributed by atoms with van der Waals surface area (Å²) in [5, 5.41) is 1.31. The predicted molar refractivity (Wildman–Crippen MR) is 51.5 cm³/mol.